The van der Waals surface area contributed by atoms with Gasteiger partial charge in [-0.25, -0.2) is 13.2 Å². The van der Waals surface area contributed by atoms with E-state index in [1.807, 2.05) is 0 Å². The highest BCUT2D eigenvalue weighted by Gasteiger charge is 2.19. The molecule has 2 unspecified atom stereocenters. The van der Waals surface area contributed by atoms with E-state index in [-0.39, 0.29) is 18.7 Å². The summed E-state index contributed by atoms with van der Waals surface area (Å²) in [5.74, 6) is -3.78. The predicted octanol–water partition coefficient (Wildman–Crippen LogP) is 2.50. The topological polar surface area (TPSA) is 32.3 Å². The highest BCUT2D eigenvalue weighted by atomic mass is 19.2. The molecular formula is C13H16F3NO. The van der Waals surface area contributed by atoms with Gasteiger partial charge < -0.3 is 10.4 Å². The van der Waals surface area contributed by atoms with Crippen molar-refractivity contribution in [2.24, 2.45) is 0 Å². The minimum absolute atomic E-state index is 0.143. The van der Waals surface area contributed by atoms with Gasteiger partial charge in [0.25, 0.3) is 0 Å². The largest absolute Gasteiger partial charge is 0.393 e. The van der Waals surface area contributed by atoms with Crippen LogP contribution in [0.15, 0.2) is 12.1 Å². The molecule has 2 atom stereocenters. The van der Waals surface area contributed by atoms with Gasteiger partial charge in [0.1, 0.15) is 0 Å². The predicted molar refractivity (Wildman–Crippen MR) is 61.4 cm³/mol. The smallest absolute Gasteiger partial charge is 0.194 e. The van der Waals surface area contributed by atoms with Crippen molar-refractivity contribution in [1.82, 2.24) is 5.32 Å². The summed E-state index contributed by atoms with van der Waals surface area (Å²) in [6, 6.07) is 2.12. The summed E-state index contributed by atoms with van der Waals surface area (Å²) in [6.07, 6.45) is 3.01. The van der Waals surface area contributed by atoms with Gasteiger partial charge in [-0.2, -0.15) is 0 Å². The van der Waals surface area contributed by atoms with E-state index in [0.29, 0.717) is 12.0 Å². The summed E-state index contributed by atoms with van der Waals surface area (Å²) in [5, 5.41) is 12.6. The van der Waals surface area contributed by atoms with Gasteiger partial charge in [-0.3, -0.25) is 0 Å². The van der Waals surface area contributed by atoms with Crippen molar-refractivity contribution >= 4 is 0 Å². The molecule has 2 nitrogen and oxygen atoms in total. The second kappa shape index (κ2) is 5.71. The molecule has 100 valence electrons. The van der Waals surface area contributed by atoms with Crippen LogP contribution in [0.4, 0.5) is 13.2 Å². The Kier molecular flexibility index (Phi) is 4.24. The standard InChI is InChI=1S/C13H16F3NO/c14-11-4-8(5-12(15)13(11)16)7-17-9-2-1-3-10(18)6-9/h4-5,9-10,17-18H,1-3,6-7H2. The van der Waals surface area contributed by atoms with Gasteiger partial charge in [0, 0.05) is 12.6 Å². The quantitative estimate of drug-likeness (QED) is 0.817. The number of aliphatic hydroxyl groups is 1. The number of hydrogen-bond acceptors (Lipinski definition) is 2. The summed E-state index contributed by atoms with van der Waals surface area (Å²) in [6.45, 7) is 0.269. The lowest BCUT2D eigenvalue weighted by atomic mass is 9.93. The minimum Gasteiger partial charge on any atom is -0.393 e. The highest BCUT2D eigenvalue weighted by Crippen LogP contribution is 2.19. The Bertz CT molecular complexity index is 402. The molecule has 0 radical (unpaired) electrons. The van der Waals surface area contributed by atoms with Gasteiger partial charge in [-0.1, -0.05) is 0 Å². The van der Waals surface area contributed by atoms with E-state index in [4.69, 9.17) is 0 Å². The maximum absolute atomic E-state index is 13.0. The Balaban J connectivity index is 1.94. The minimum atomic E-state index is -1.44. The van der Waals surface area contributed by atoms with Crippen LogP contribution in [0.2, 0.25) is 0 Å². The van der Waals surface area contributed by atoms with E-state index in [1.54, 1.807) is 0 Å². The molecule has 1 aromatic carbocycles. The molecule has 1 aliphatic carbocycles. The molecule has 18 heavy (non-hydrogen) atoms. The van der Waals surface area contributed by atoms with Crippen molar-refractivity contribution < 1.29 is 18.3 Å². The SMILES string of the molecule is OC1CCCC(NCc2cc(F)c(F)c(F)c2)C1. The third-order valence-electron chi connectivity index (χ3n) is 3.28. The van der Waals surface area contributed by atoms with E-state index in [9.17, 15) is 18.3 Å². The van der Waals surface area contributed by atoms with Crippen LogP contribution >= 0.6 is 0 Å². The monoisotopic (exact) mass is 259 g/mol. The average molecular weight is 259 g/mol. The molecule has 1 saturated carbocycles. The summed E-state index contributed by atoms with van der Waals surface area (Å²) >= 11 is 0. The van der Waals surface area contributed by atoms with E-state index < -0.39 is 17.5 Å². The molecular weight excluding hydrogens is 243 g/mol. The van der Waals surface area contributed by atoms with Gasteiger partial charge >= 0.3 is 0 Å². The fourth-order valence-corrected chi connectivity index (χ4v) is 2.32. The molecule has 1 fully saturated rings. The maximum Gasteiger partial charge on any atom is 0.194 e. The lowest BCUT2D eigenvalue weighted by Gasteiger charge is -2.26. The second-order valence-electron chi connectivity index (χ2n) is 4.77. The van der Waals surface area contributed by atoms with Crippen molar-refractivity contribution in [2.45, 2.75) is 44.4 Å². The van der Waals surface area contributed by atoms with E-state index in [2.05, 4.69) is 5.32 Å². The molecule has 5 heteroatoms. The molecule has 0 saturated heterocycles. The average Bonchev–Trinajstić information content (AvgIpc) is 2.33. The number of rotatable bonds is 3. The number of nitrogens with one attached hydrogen (secondary N) is 1. The first-order valence-corrected chi connectivity index (χ1v) is 6.11. The number of benzene rings is 1. The van der Waals surface area contributed by atoms with Crippen LogP contribution in [0.5, 0.6) is 0 Å². The lowest BCUT2D eigenvalue weighted by molar-refractivity contribution is 0.111. The fourth-order valence-electron chi connectivity index (χ4n) is 2.32. The zero-order valence-electron chi connectivity index (χ0n) is 9.93. The van der Waals surface area contributed by atoms with Crippen LogP contribution in [0.1, 0.15) is 31.2 Å². The van der Waals surface area contributed by atoms with E-state index in [0.717, 1.165) is 31.4 Å². The van der Waals surface area contributed by atoms with Crippen LogP contribution in [-0.2, 0) is 6.54 Å². The van der Waals surface area contributed by atoms with E-state index in [1.165, 1.54) is 0 Å². The van der Waals surface area contributed by atoms with Crippen molar-refractivity contribution in [2.75, 3.05) is 0 Å². The maximum atomic E-state index is 13.0. The number of hydrogen-bond donors (Lipinski definition) is 2. The molecule has 0 spiro atoms. The molecule has 2 N–H and O–H groups in total. The molecule has 0 aliphatic heterocycles. The summed E-state index contributed by atoms with van der Waals surface area (Å²) < 4.78 is 38.7. The van der Waals surface area contributed by atoms with Crippen LogP contribution < -0.4 is 5.32 Å². The fraction of sp³-hybridized carbons (Fsp3) is 0.538. The molecule has 0 amide bonds. The molecule has 2 rings (SSSR count). The Morgan fingerprint density at radius 2 is 1.83 bits per heavy atom. The highest BCUT2D eigenvalue weighted by molar-refractivity contribution is 5.19. The van der Waals surface area contributed by atoms with Crippen molar-refractivity contribution in [3.63, 3.8) is 0 Å². The second-order valence-corrected chi connectivity index (χ2v) is 4.77. The Hall–Kier alpha value is -1.07. The normalized spacial score (nSPS) is 24.2. The Morgan fingerprint density at radius 3 is 2.44 bits per heavy atom. The van der Waals surface area contributed by atoms with Gasteiger partial charge in [0.2, 0.25) is 0 Å². The zero-order chi connectivity index (χ0) is 13.1. The zero-order valence-corrected chi connectivity index (χ0v) is 9.93. The van der Waals surface area contributed by atoms with Gasteiger partial charge in [-0.05, 0) is 43.4 Å². The third kappa shape index (κ3) is 3.23. The molecule has 1 aromatic rings. The van der Waals surface area contributed by atoms with Crippen LogP contribution in [-0.4, -0.2) is 17.3 Å². The van der Waals surface area contributed by atoms with Crippen LogP contribution in [0, 0.1) is 17.5 Å². The first-order valence-electron chi connectivity index (χ1n) is 6.11. The first kappa shape index (κ1) is 13.4. The van der Waals surface area contributed by atoms with Crippen LogP contribution in [0.25, 0.3) is 0 Å². The number of aliphatic hydroxyl groups excluding tert-OH is 1. The van der Waals surface area contributed by atoms with Crippen molar-refractivity contribution in [1.29, 1.82) is 0 Å². The van der Waals surface area contributed by atoms with Crippen LogP contribution in [0.3, 0.4) is 0 Å². The summed E-state index contributed by atoms with van der Waals surface area (Å²) in [7, 11) is 0. The molecule has 1 aliphatic rings. The Labute approximate surface area is 104 Å². The van der Waals surface area contributed by atoms with Crippen molar-refractivity contribution in [3.8, 4) is 0 Å². The number of halogens is 3. The van der Waals surface area contributed by atoms with Gasteiger partial charge in [0.05, 0.1) is 6.10 Å². The third-order valence-corrected chi connectivity index (χ3v) is 3.28. The van der Waals surface area contributed by atoms with Gasteiger partial charge in [0.15, 0.2) is 17.5 Å². The van der Waals surface area contributed by atoms with Gasteiger partial charge in [-0.15, -0.1) is 0 Å². The molecule has 0 heterocycles. The van der Waals surface area contributed by atoms with E-state index >= 15 is 0 Å². The summed E-state index contributed by atoms with van der Waals surface area (Å²) in [5.41, 5.74) is 0.367. The molecule has 0 aromatic heterocycles. The van der Waals surface area contributed by atoms with Crippen molar-refractivity contribution in [3.05, 3.63) is 35.1 Å². The first-order chi connectivity index (χ1) is 8.56. The molecule has 0 bridgehead atoms. The Morgan fingerprint density at radius 1 is 1.17 bits per heavy atom. The summed E-state index contributed by atoms with van der Waals surface area (Å²) in [4.78, 5) is 0. The lowest BCUT2D eigenvalue weighted by Crippen LogP contribution is -2.35.